The van der Waals surface area contributed by atoms with Crippen LogP contribution < -0.4 is 11.1 Å². The molecule has 136 valence electrons. The van der Waals surface area contributed by atoms with E-state index in [1.807, 2.05) is 6.92 Å². The van der Waals surface area contributed by atoms with Crippen LogP contribution in [0.15, 0.2) is 17.3 Å². The molecule has 1 aromatic rings. The van der Waals surface area contributed by atoms with Gasteiger partial charge in [-0.2, -0.15) is 9.40 Å². The summed E-state index contributed by atoms with van der Waals surface area (Å²) in [5.41, 5.74) is 5.15. The van der Waals surface area contributed by atoms with Crippen LogP contribution in [0, 0.1) is 0 Å². The van der Waals surface area contributed by atoms with Crippen molar-refractivity contribution in [1.29, 1.82) is 0 Å². The van der Waals surface area contributed by atoms with Crippen molar-refractivity contribution in [2.45, 2.75) is 56.0 Å². The molecule has 1 saturated heterocycles. The minimum Gasteiger partial charge on any atom is -0.352 e. The van der Waals surface area contributed by atoms with Crippen LogP contribution in [-0.2, 0) is 21.9 Å². The summed E-state index contributed by atoms with van der Waals surface area (Å²) in [4.78, 5) is 12.4. The molecule has 2 rings (SSSR count). The summed E-state index contributed by atoms with van der Waals surface area (Å²) in [6.07, 6.45) is 5.46. The third kappa shape index (κ3) is 4.14. The molecule has 0 aromatic carbocycles. The van der Waals surface area contributed by atoms with Gasteiger partial charge >= 0.3 is 0 Å². The lowest BCUT2D eigenvalue weighted by atomic mass is 9.95. The maximum Gasteiger partial charge on any atom is 0.246 e. The number of carbonyl (C=O) groups excluding carboxylic acids is 1. The molecule has 9 heteroatoms. The highest BCUT2D eigenvalue weighted by Crippen LogP contribution is 2.21. The average molecular weight is 357 g/mol. The summed E-state index contributed by atoms with van der Waals surface area (Å²) in [5, 5.41) is 6.87. The summed E-state index contributed by atoms with van der Waals surface area (Å²) in [6.45, 7) is 4.46. The Labute approximate surface area is 143 Å². The number of amides is 1. The summed E-state index contributed by atoms with van der Waals surface area (Å²) in [7, 11) is -1.84. The van der Waals surface area contributed by atoms with Gasteiger partial charge in [-0.3, -0.25) is 9.48 Å². The standard InChI is InChI=1S/C15H27N5O3S/c1-4-7-15(2,16)14(21)18-12-5-8-20(9-6-12)24(22,23)13-10-17-19(3)11-13/h10-12H,4-9,16H2,1-3H3,(H,18,21). The highest BCUT2D eigenvalue weighted by atomic mass is 32.2. The van der Waals surface area contributed by atoms with Crippen LogP contribution in [0.3, 0.4) is 0 Å². The second kappa shape index (κ2) is 7.20. The number of hydrogen-bond donors (Lipinski definition) is 2. The zero-order valence-corrected chi connectivity index (χ0v) is 15.3. The van der Waals surface area contributed by atoms with Gasteiger partial charge in [-0.05, 0) is 26.2 Å². The van der Waals surface area contributed by atoms with Gasteiger partial charge in [-0.1, -0.05) is 13.3 Å². The van der Waals surface area contributed by atoms with Gasteiger partial charge in [-0.25, -0.2) is 8.42 Å². The third-order valence-corrected chi connectivity index (χ3v) is 6.25. The van der Waals surface area contributed by atoms with E-state index in [1.54, 1.807) is 14.0 Å². The van der Waals surface area contributed by atoms with E-state index in [1.165, 1.54) is 21.4 Å². The Morgan fingerprint density at radius 1 is 1.46 bits per heavy atom. The molecule has 2 heterocycles. The van der Waals surface area contributed by atoms with E-state index >= 15 is 0 Å². The summed E-state index contributed by atoms with van der Waals surface area (Å²) >= 11 is 0. The summed E-state index contributed by atoms with van der Waals surface area (Å²) < 4.78 is 28.0. The van der Waals surface area contributed by atoms with Gasteiger partial charge in [0.15, 0.2) is 0 Å². The number of piperidine rings is 1. The number of aryl methyl sites for hydroxylation is 1. The Kier molecular flexibility index (Phi) is 5.67. The fourth-order valence-electron chi connectivity index (χ4n) is 2.90. The van der Waals surface area contributed by atoms with Gasteiger partial charge in [0.05, 0.1) is 11.7 Å². The molecule has 0 saturated carbocycles. The number of sulfonamides is 1. The molecule has 1 atom stereocenters. The lowest BCUT2D eigenvalue weighted by Crippen LogP contribution is -2.56. The fraction of sp³-hybridized carbons (Fsp3) is 0.733. The molecule has 1 unspecified atom stereocenters. The topological polar surface area (TPSA) is 110 Å². The first-order valence-electron chi connectivity index (χ1n) is 8.25. The Morgan fingerprint density at radius 3 is 2.58 bits per heavy atom. The van der Waals surface area contributed by atoms with Crippen molar-refractivity contribution in [2.75, 3.05) is 13.1 Å². The second-order valence-electron chi connectivity index (χ2n) is 6.67. The van der Waals surface area contributed by atoms with Gasteiger partial charge in [-0.15, -0.1) is 0 Å². The van der Waals surface area contributed by atoms with Gasteiger partial charge < -0.3 is 11.1 Å². The number of nitrogens with one attached hydrogen (secondary N) is 1. The molecule has 1 amide bonds. The molecule has 24 heavy (non-hydrogen) atoms. The number of rotatable bonds is 6. The molecular weight excluding hydrogens is 330 g/mol. The SMILES string of the molecule is CCCC(C)(N)C(=O)NC1CCN(S(=O)(=O)c2cnn(C)c2)CC1. The van der Waals surface area contributed by atoms with Crippen LogP contribution in [-0.4, -0.2) is 53.1 Å². The van der Waals surface area contributed by atoms with Crippen molar-refractivity contribution in [3.05, 3.63) is 12.4 Å². The van der Waals surface area contributed by atoms with Crippen molar-refractivity contribution in [2.24, 2.45) is 12.8 Å². The largest absolute Gasteiger partial charge is 0.352 e. The van der Waals surface area contributed by atoms with Crippen LogP contribution in [0.2, 0.25) is 0 Å². The van der Waals surface area contributed by atoms with E-state index in [-0.39, 0.29) is 16.8 Å². The van der Waals surface area contributed by atoms with Crippen molar-refractivity contribution < 1.29 is 13.2 Å². The molecule has 1 aromatic heterocycles. The van der Waals surface area contributed by atoms with Gasteiger partial charge in [0.1, 0.15) is 4.90 Å². The normalized spacial score (nSPS) is 19.8. The third-order valence-electron chi connectivity index (χ3n) is 4.40. The lowest BCUT2D eigenvalue weighted by molar-refractivity contribution is -0.127. The zero-order valence-electron chi connectivity index (χ0n) is 14.5. The minimum absolute atomic E-state index is 0.0439. The number of aromatic nitrogens is 2. The Balaban J connectivity index is 1.93. The van der Waals surface area contributed by atoms with Crippen molar-refractivity contribution >= 4 is 15.9 Å². The molecule has 8 nitrogen and oxygen atoms in total. The van der Waals surface area contributed by atoms with Crippen LogP contribution in [0.4, 0.5) is 0 Å². The van der Waals surface area contributed by atoms with E-state index in [4.69, 9.17) is 5.73 Å². The predicted octanol–water partition coefficient (Wildman–Crippen LogP) is 0.207. The minimum atomic E-state index is -3.52. The Hall–Kier alpha value is -1.45. The number of nitrogens with two attached hydrogens (primary N) is 1. The van der Waals surface area contributed by atoms with Crippen LogP contribution in [0.25, 0.3) is 0 Å². The molecule has 0 bridgehead atoms. The van der Waals surface area contributed by atoms with Crippen LogP contribution >= 0.6 is 0 Å². The van der Waals surface area contributed by atoms with E-state index in [9.17, 15) is 13.2 Å². The fourth-order valence-corrected chi connectivity index (χ4v) is 4.36. The van der Waals surface area contributed by atoms with E-state index in [0.717, 1.165) is 6.42 Å². The number of hydrogen-bond acceptors (Lipinski definition) is 5. The molecule has 3 N–H and O–H groups in total. The predicted molar refractivity (Wildman–Crippen MR) is 90.6 cm³/mol. The van der Waals surface area contributed by atoms with E-state index in [0.29, 0.717) is 32.4 Å². The Morgan fingerprint density at radius 2 is 2.08 bits per heavy atom. The number of carbonyl (C=O) groups is 1. The highest BCUT2D eigenvalue weighted by molar-refractivity contribution is 7.89. The van der Waals surface area contributed by atoms with E-state index < -0.39 is 15.6 Å². The zero-order chi connectivity index (χ0) is 18.0. The molecule has 1 aliphatic heterocycles. The molecule has 0 spiro atoms. The quantitative estimate of drug-likeness (QED) is 0.756. The van der Waals surface area contributed by atoms with Crippen LogP contribution in [0.1, 0.15) is 39.5 Å². The van der Waals surface area contributed by atoms with Gasteiger partial charge in [0, 0.05) is 32.4 Å². The Bertz CT molecular complexity index is 675. The van der Waals surface area contributed by atoms with Crippen molar-refractivity contribution in [3.8, 4) is 0 Å². The maximum atomic E-state index is 12.5. The molecule has 0 aliphatic carbocycles. The maximum absolute atomic E-state index is 12.5. The van der Waals surface area contributed by atoms with E-state index in [2.05, 4.69) is 10.4 Å². The molecule has 1 aliphatic rings. The van der Waals surface area contributed by atoms with Crippen molar-refractivity contribution in [1.82, 2.24) is 19.4 Å². The average Bonchev–Trinajstić information content (AvgIpc) is 2.95. The van der Waals surface area contributed by atoms with Crippen LogP contribution in [0.5, 0.6) is 0 Å². The summed E-state index contributed by atoms with van der Waals surface area (Å²) in [6, 6.07) is -0.0439. The first kappa shape index (κ1) is 18.9. The number of nitrogens with zero attached hydrogens (tertiary/aromatic N) is 3. The second-order valence-corrected chi connectivity index (χ2v) is 8.61. The lowest BCUT2D eigenvalue weighted by Gasteiger charge is -2.33. The first-order valence-corrected chi connectivity index (χ1v) is 9.69. The smallest absolute Gasteiger partial charge is 0.246 e. The van der Waals surface area contributed by atoms with Gasteiger partial charge in [0.2, 0.25) is 15.9 Å². The highest BCUT2D eigenvalue weighted by Gasteiger charge is 2.33. The summed E-state index contributed by atoms with van der Waals surface area (Å²) in [5.74, 6) is -0.169. The molecule has 0 radical (unpaired) electrons. The van der Waals surface area contributed by atoms with Crippen molar-refractivity contribution in [3.63, 3.8) is 0 Å². The molecule has 1 fully saturated rings. The monoisotopic (exact) mass is 357 g/mol. The molecular formula is C15H27N5O3S. The first-order chi connectivity index (χ1) is 11.2. The van der Waals surface area contributed by atoms with Gasteiger partial charge in [0.25, 0.3) is 0 Å².